The molecule has 1 atom stereocenters. The standard InChI is InChI=1S/C14H28O5/c1-13(2)11-14-12-18-8-7-16-4-3-15-5-6-17-9-10-19-14/h13-14H,3-12H2,1-2H3. The quantitative estimate of drug-likeness (QED) is 0.765. The van der Waals surface area contributed by atoms with Crippen molar-refractivity contribution >= 4 is 0 Å². The maximum Gasteiger partial charge on any atom is 0.0812 e. The molecule has 19 heavy (non-hydrogen) atoms. The van der Waals surface area contributed by atoms with Gasteiger partial charge < -0.3 is 23.7 Å². The van der Waals surface area contributed by atoms with Crippen molar-refractivity contribution < 1.29 is 23.7 Å². The van der Waals surface area contributed by atoms with Crippen LogP contribution in [0.3, 0.4) is 0 Å². The zero-order valence-electron chi connectivity index (χ0n) is 12.3. The zero-order chi connectivity index (χ0) is 13.8. The Morgan fingerprint density at radius 2 is 1.21 bits per heavy atom. The molecule has 5 heteroatoms. The minimum Gasteiger partial charge on any atom is -0.377 e. The van der Waals surface area contributed by atoms with E-state index < -0.39 is 0 Å². The Hall–Kier alpha value is -0.200. The molecule has 0 aromatic carbocycles. The van der Waals surface area contributed by atoms with E-state index >= 15 is 0 Å². The Labute approximate surface area is 116 Å². The molecule has 1 aliphatic heterocycles. The van der Waals surface area contributed by atoms with E-state index in [1.54, 1.807) is 0 Å². The molecule has 0 aromatic rings. The highest BCUT2D eigenvalue weighted by Crippen LogP contribution is 2.09. The summed E-state index contributed by atoms with van der Waals surface area (Å²) in [6.45, 7) is 9.85. The van der Waals surface area contributed by atoms with Gasteiger partial charge in [-0.3, -0.25) is 0 Å². The summed E-state index contributed by atoms with van der Waals surface area (Å²) < 4.78 is 27.6. The van der Waals surface area contributed by atoms with Gasteiger partial charge in [0, 0.05) is 0 Å². The van der Waals surface area contributed by atoms with E-state index in [9.17, 15) is 0 Å². The Balaban J connectivity index is 2.25. The first-order chi connectivity index (χ1) is 9.29. The predicted molar refractivity (Wildman–Crippen MR) is 72.5 cm³/mol. The summed E-state index contributed by atoms with van der Waals surface area (Å²) in [5.41, 5.74) is 0. The van der Waals surface area contributed by atoms with Crippen molar-refractivity contribution in [2.45, 2.75) is 26.4 Å². The highest BCUT2D eigenvalue weighted by Gasteiger charge is 2.12. The molecule has 0 radical (unpaired) electrons. The second-order valence-electron chi connectivity index (χ2n) is 5.03. The fourth-order valence-electron chi connectivity index (χ4n) is 1.86. The molecule has 1 unspecified atom stereocenters. The number of rotatable bonds is 2. The van der Waals surface area contributed by atoms with Gasteiger partial charge in [-0.2, -0.15) is 0 Å². The Morgan fingerprint density at radius 3 is 1.74 bits per heavy atom. The van der Waals surface area contributed by atoms with E-state index in [0.717, 1.165) is 6.42 Å². The average Bonchev–Trinajstić information content (AvgIpc) is 2.38. The van der Waals surface area contributed by atoms with Gasteiger partial charge in [0.25, 0.3) is 0 Å². The van der Waals surface area contributed by atoms with Crippen LogP contribution in [0.5, 0.6) is 0 Å². The van der Waals surface area contributed by atoms with E-state index in [1.807, 2.05) is 0 Å². The van der Waals surface area contributed by atoms with Crippen LogP contribution in [0.2, 0.25) is 0 Å². The molecule has 0 N–H and O–H groups in total. The topological polar surface area (TPSA) is 46.2 Å². The third-order valence-corrected chi connectivity index (χ3v) is 2.74. The molecule has 1 heterocycles. The molecule has 5 nitrogen and oxygen atoms in total. The number of hydrogen-bond donors (Lipinski definition) is 0. The molecule has 0 bridgehead atoms. The van der Waals surface area contributed by atoms with E-state index in [0.29, 0.717) is 65.4 Å². The average molecular weight is 276 g/mol. The molecule has 0 spiro atoms. The molecule has 0 aromatic heterocycles. The van der Waals surface area contributed by atoms with Crippen LogP contribution in [0.4, 0.5) is 0 Å². The Kier molecular flexibility index (Phi) is 10.3. The second-order valence-corrected chi connectivity index (χ2v) is 5.03. The van der Waals surface area contributed by atoms with Gasteiger partial charge in [-0.25, -0.2) is 0 Å². The predicted octanol–water partition coefficient (Wildman–Crippen LogP) is 1.50. The van der Waals surface area contributed by atoms with Crippen molar-refractivity contribution in [1.82, 2.24) is 0 Å². The maximum absolute atomic E-state index is 5.80. The van der Waals surface area contributed by atoms with Crippen molar-refractivity contribution in [3.05, 3.63) is 0 Å². The highest BCUT2D eigenvalue weighted by atomic mass is 16.6. The van der Waals surface area contributed by atoms with Gasteiger partial charge >= 0.3 is 0 Å². The normalized spacial score (nSPS) is 25.7. The molecule has 1 aliphatic rings. The lowest BCUT2D eigenvalue weighted by molar-refractivity contribution is -0.0525. The van der Waals surface area contributed by atoms with Gasteiger partial charge in [0.2, 0.25) is 0 Å². The largest absolute Gasteiger partial charge is 0.377 e. The van der Waals surface area contributed by atoms with Crippen LogP contribution in [0.15, 0.2) is 0 Å². The van der Waals surface area contributed by atoms with Crippen molar-refractivity contribution in [3.63, 3.8) is 0 Å². The van der Waals surface area contributed by atoms with Crippen LogP contribution in [0.1, 0.15) is 20.3 Å². The molecule has 1 saturated heterocycles. The molecule has 1 fully saturated rings. The van der Waals surface area contributed by atoms with Crippen molar-refractivity contribution in [1.29, 1.82) is 0 Å². The van der Waals surface area contributed by atoms with E-state index in [-0.39, 0.29) is 6.10 Å². The van der Waals surface area contributed by atoms with Gasteiger partial charge in [-0.15, -0.1) is 0 Å². The molecule has 114 valence electrons. The van der Waals surface area contributed by atoms with Crippen LogP contribution in [0, 0.1) is 5.92 Å². The summed E-state index contributed by atoms with van der Waals surface area (Å²) in [5.74, 6) is 0.598. The Bertz CT molecular complexity index is 182. The summed E-state index contributed by atoms with van der Waals surface area (Å²) in [6, 6.07) is 0. The van der Waals surface area contributed by atoms with Crippen molar-refractivity contribution in [2.24, 2.45) is 5.92 Å². The van der Waals surface area contributed by atoms with Crippen LogP contribution in [-0.2, 0) is 23.7 Å². The summed E-state index contributed by atoms with van der Waals surface area (Å²) in [4.78, 5) is 0. The molecule has 1 rings (SSSR count). The molecule has 0 saturated carbocycles. The highest BCUT2D eigenvalue weighted by molar-refractivity contribution is 4.60. The lowest BCUT2D eigenvalue weighted by Gasteiger charge is -2.20. The third kappa shape index (κ3) is 10.3. The fourth-order valence-corrected chi connectivity index (χ4v) is 1.86. The monoisotopic (exact) mass is 276 g/mol. The second kappa shape index (κ2) is 11.6. The van der Waals surface area contributed by atoms with Gasteiger partial charge in [-0.05, 0) is 12.3 Å². The van der Waals surface area contributed by atoms with Gasteiger partial charge in [0.1, 0.15) is 0 Å². The maximum atomic E-state index is 5.80. The molecular weight excluding hydrogens is 248 g/mol. The summed E-state index contributed by atoms with van der Waals surface area (Å²) in [5, 5.41) is 0. The SMILES string of the molecule is CC(C)CC1COCCOCCOCCOCCO1. The first-order valence-corrected chi connectivity index (χ1v) is 7.21. The lowest BCUT2D eigenvalue weighted by atomic mass is 10.1. The molecular formula is C14H28O5. The van der Waals surface area contributed by atoms with Crippen molar-refractivity contribution in [3.8, 4) is 0 Å². The zero-order valence-corrected chi connectivity index (χ0v) is 12.3. The van der Waals surface area contributed by atoms with E-state index in [1.165, 1.54) is 0 Å². The summed E-state index contributed by atoms with van der Waals surface area (Å²) in [7, 11) is 0. The van der Waals surface area contributed by atoms with Crippen LogP contribution >= 0.6 is 0 Å². The van der Waals surface area contributed by atoms with Gasteiger partial charge in [0.15, 0.2) is 0 Å². The van der Waals surface area contributed by atoms with Crippen LogP contribution < -0.4 is 0 Å². The first kappa shape index (κ1) is 16.9. The lowest BCUT2D eigenvalue weighted by Crippen LogP contribution is -2.25. The van der Waals surface area contributed by atoms with E-state index in [2.05, 4.69) is 13.8 Å². The van der Waals surface area contributed by atoms with Crippen molar-refractivity contribution in [2.75, 3.05) is 59.5 Å². The first-order valence-electron chi connectivity index (χ1n) is 7.21. The third-order valence-electron chi connectivity index (χ3n) is 2.74. The van der Waals surface area contributed by atoms with Crippen LogP contribution in [0.25, 0.3) is 0 Å². The molecule has 0 aliphatic carbocycles. The minimum absolute atomic E-state index is 0.143. The Morgan fingerprint density at radius 1 is 0.737 bits per heavy atom. The van der Waals surface area contributed by atoms with Crippen LogP contribution in [-0.4, -0.2) is 65.6 Å². The smallest absolute Gasteiger partial charge is 0.0812 e. The summed E-state index contributed by atoms with van der Waals surface area (Å²) >= 11 is 0. The fraction of sp³-hybridized carbons (Fsp3) is 1.00. The number of ether oxygens (including phenoxy) is 5. The van der Waals surface area contributed by atoms with Gasteiger partial charge in [0.05, 0.1) is 65.6 Å². The van der Waals surface area contributed by atoms with E-state index in [4.69, 9.17) is 23.7 Å². The van der Waals surface area contributed by atoms with Gasteiger partial charge in [-0.1, -0.05) is 13.8 Å². The summed E-state index contributed by atoms with van der Waals surface area (Å²) in [6.07, 6.45) is 1.15. The molecule has 0 amide bonds. The number of hydrogen-bond acceptors (Lipinski definition) is 5. The minimum atomic E-state index is 0.143.